The third-order valence-electron chi connectivity index (χ3n) is 2.67. The highest BCUT2D eigenvalue weighted by molar-refractivity contribution is 5.81. The van der Waals surface area contributed by atoms with E-state index in [-0.39, 0.29) is 5.48 Å². The highest BCUT2D eigenvalue weighted by Crippen LogP contribution is 2.20. The van der Waals surface area contributed by atoms with Crippen molar-refractivity contribution in [2.75, 3.05) is 0 Å². The van der Waals surface area contributed by atoms with Crippen molar-refractivity contribution in [2.24, 2.45) is 0 Å². The van der Waals surface area contributed by atoms with Gasteiger partial charge in [-0.05, 0) is 12.1 Å². The highest BCUT2D eigenvalue weighted by atomic mass is 16.0. The quantitative estimate of drug-likeness (QED) is 0.625. The number of benzene rings is 2. The molecule has 1 aromatic heterocycles. The smallest absolute Gasteiger partial charge is 0.0709 e. The Labute approximate surface area is 99.9 Å². The molecular weight excluding hydrogens is 210 g/mol. The van der Waals surface area contributed by atoms with Gasteiger partial charge >= 0.3 is 0 Å². The average Bonchev–Trinajstić information content (AvgIpc) is 2.39. The Bertz CT molecular complexity index is 620. The summed E-state index contributed by atoms with van der Waals surface area (Å²) in [5, 5.41) is 1.18. The van der Waals surface area contributed by atoms with Gasteiger partial charge in [0.25, 0.3) is 0 Å². The Balaban J connectivity index is 0.00000108. The van der Waals surface area contributed by atoms with E-state index in [1.54, 1.807) is 0 Å². The molecule has 2 nitrogen and oxygen atoms in total. The van der Waals surface area contributed by atoms with Gasteiger partial charge in [-0.15, -0.1) is 0 Å². The Morgan fingerprint density at radius 2 is 1.35 bits per heavy atom. The maximum absolute atomic E-state index is 4.65. The molecule has 3 aromatic rings. The van der Waals surface area contributed by atoms with Crippen molar-refractivity contribution in [1.82, 2.24) is 4.98 Å². The van der Waals surface area contributed by atoms with Crippen LogP contribution in [0.2, 0.25) is 0 Å². The minimum atomic E-state index is 0. The molecule has 17 heavy (non-hydrogen) atoms. The summed E-state index contributed by atoms with van der Waals surface area (Å²) in [6.45, 7) is 0. The predicted molar refractivity (Wildman–Crippen MR) is 70.8 cm³/mol. The van der Waals surface area contributed by atoms with Crippen LogP contribution in [0.5, 0.6) is 0 Å². The van der Waals surface area contributed by atoms with Gasteiger partial charge in [-0.3, -0.25) is 0 Å². The molecule has 2 heteroatoms. The molecule has 3 rings (SSSR count). The summed E-state index contributed by atoms with van der Waals surface area (Å²) in [7, 11) is 0. The van der Waals surface area contributed by atoms with E-state index >= 15 is 0 Å². The SMILES string of the molecule is O.c1ccc(-c2ccc3ccccc3n2)cc1. The molecule has 0 aliphatic heterocycles. The number of pyridine rings is 1. The Kier molecular flexibility index (Phi) is 3.17. The normalized spacial score (nSPS) is 9.88. The first-order valence-corrected chi connectivity index (χ1v) is 5.35. The van der Waals surface area contributed by atoms with Crippen LogP contribution in [0.4, 0.5) is 0 Å². The highest BCUT2D eigenvalue weighted by Gasteiger charge is 1.99. The van der Waals surface area contributed by atoms with E-state index in [4.69, 9.17) is 0 Å². The van der Waals surface area contributed by atoms with Crippen molar-refractivity contribution in [2.45, 2.75) is 0 Å². The minimum Gasteiger partial charge on any atom is -0.412 e. The Hall–Kier alpha value is -2.19. The summed E-state index contributed by atoms with van der Waals surface area (Å²) < 4.78 is 0. The van der Waals surface area contributed by atoms with Gasteiger partial charge in [-0.25, -0.2) is 4.98 Å². The molecule has 1 heterocycles. The number of nitrogens with zero attached hydrogens (tertiary/aromatic N) is 1. The zero-order valence-electron chi connectivity index (χ0n) is 9.30. The van der Waals surface area contributed by atoms with Crippen molar-refractivity contribution in [3.8, 4) is 11.3 Å². The number of para-hydroxylation sites is 1. The molecule has 0 amide bonds. The second-order valence-electron chi connectivity index (χ2n) is 3.76. The number of hydrogen-bond acceptors (Lipinski definition) is 1. The molecule has 2 N–H and O–H groups in total. The summed E-state index contributed by atoms with van der Waals surface area (Å²) in [5.74, 6) is 0. The molecule has 0 atom stereocenters. The zero-order chi connectivity index (χ0) is 10.8. The van der Waals surface area contributed by atoms with Crippen LogP contribution in [0.15, 0.2) is 66.7 Å². The second-order valence-corrected chi connectivity index (χ2v) is 3.76. The van der Waals surface area contributed by atoms with E-state index in [1.165, 1.54) is 5.39 Å². The second kappa shape index (κ2) is 4.76. The van der Waals surface area contributed by atoms with Crippen molar-refractivity contribution < 1.29 is 5.48 Å². The number of fused-ring (bicyclic) bond motifs is 1. The third kappa shape index (κ3) is 2.17. The van der Waals surface area contributed by atoms with Crippen LogP contribution < -0.4 is 0 Å². The van der Waals surface area contributed by atoms with E-state index in [2.05, 4.69) is 35.3 Å². The van der Waals surface area contributed by atoms with Gasteiger partial charge in [0, 0.05) is 10.9 Å². The summed E-state index contributed by atoms with van der Waals surface area (Å²) in [5.41, 5.74) is 3.23. The molecule has 0 spiro atoms. The van der Waals surface area contributed by atoms with Crippen molar-refractivity contribution in [3.05, 3.63) is 66.7 Å². The maximum Gasteiger partial charge on any atom is 0.0709 e. The summed E-state index contributed by atoms with van der Waals surface area (Å²) >= 11 is 0. The van der Waals surface area contributed by atoms with Crippen LogP contribution in [0.3, 0.4) is 0 Å². The molecule has 0 unspecified atom stereocenters. The first-order valence-electron chi connectivity index (χ1n) is 5.35. The molecule has 0 aliphatic rings. The van der Waals surface area contributed by atoms with Gasteiger partial charge < -0.3 is 5.48 Å². The number of rotatable bonds is 1. The lowest BCUT2D eigenvalue weighted by atomic mass is 10.1. The molecule has 0 bridgehead atoms. The lowest BCUT2D eigenvalue weighted by Gasteiger charge is -2.02. The third-order valence-corrected chi connectivity index (χ3v) is 2.67. The standard InChI is InChI=1S/C15H11N.H2O/c1-2-6-12(7-3-1)15-11-10-13-8-4-5-9-14(13)16-15;/h1-11H;1H2. The van der Waals surface area contributed by atoms with E-state index in [0.29, 0.717) is 0 Å². The Morgan fingerprint density at radius 3 is 2.18 bits per heavy atom. The zero-order valence-corrected chi connectivity index (χ0v) is 9.30. The fourth-order valence-corrected chi connectivity index (χ4v) is 1.84. The van der Waals surface area contributed by atoms with Gasteiger partial charge in [-0.1, -0.05) is 54.6 Å². The molecule has 2 aromatic carbocycles. The fraction of sp³-hybridized carbons (Fsp3) is 0. The summed E-state index contributed by atoms with van der Waals surface area (Å²) in [6.07, 6.45) is 0. The largest absolute Gasteiger partial charge is 0.412 e. The Morgan fingerprint density at radius 1 is 0.647 bits per heavy atom. The number of aromatic nitrogens is 1. The van der Waals surface area contributed by atoms with Gasteiger partial charge in [0.05, 0.1) is 11.2 Å². The number of hydrogen-bond donors (Lipinski definition) is 0. The monoisotopic (exact) mass is 223 g/mol. The van der Waals surface area contributed by atoms with Crippen LogP contribution in [-0.4, -0.2) is 10.5 Å². The maximum atomic E-state index is 4.65. The first kappa shape index (κ1) is 11.3. The predicted octanol–water partition coefficient (Wildman–Crippen LogP) is 3.08. The molecule has 0 fully saturated rings. The van der Waals surface area contributed by atoms with Crippen LogP contribution >= 0.6 is 0 Å². The van der Waals surface area contributed by atoms with Crippen molar-refractivity contribution >= 4 is 10.9 Å². The first-order chi connectivity index (χ1) is 7.93. The van der Waals surface area contributed by atoms with E-state index in [9.17, 15) is 0 Å². The lowest BCUT2D eigenvalue weighted by Crippen LogP contribution is -1.84. The van der Waals surface area contributed by atoms with Crippen LogP contribution in [0, 0.1) is 0 Å². The van der Waals surface area contributed by atoms with Gasteiger partial charge in [0.2, 0.25) is 0 Å². The molecule has 0 saturated heterocycles. The molecule has 0 aliphatic carbocycles. The van der Waals surface area contributed by atoms with Crippen LogP contribution in [-0.2, 0) is 0 Å². The van der Waals surface area contributed by atoms with Gasteiger partial charge in [0.15, 0.2) is 0 Å². The molecule has 0 saturated carbocycles. The average molecular weight is 223 g/mol. The molecule has 84 valence electrons. The van der Waals surface area contributed by atoms with Gasteiger partial charge in [0.1, 0.15) is 0 Å². The van der Waals surface area contributed by atoms with E-state index < -0.39 is 0 Å². The minimum absolute atomic E-state index is 0. The fourth-order valence-electron chi connectivity index (χ4n) is 1.84. The van der Waals surface area contributed by atoms with Gasteiger partial charge in [-0.2, -0.15) is 0 Å². The summed E-state index contributed by atoms with van der Waals surface area (Å²) in [4.78, 5) is 4.65. The summed E-state index contributed by atoms with van der Waals surface area (Å²) in [6, 6.07) is 22.6. The topological polar surface area (TPSA) is 44.4 Å². The van der Waals surface area contributed by atoms with Crippen LogP contribution in [0.1, 0.15) is 0 Å². The van der Waals surface area contributed by atoms with E-state index in [0.717, 1.165) is 16.8 Å². The van der Waals surface area contributed by atoms with E-state index in [1.807, 2.05) is 36.4 Å². The van der Waals surface area contributed by atoms with Crippen molar-refractivity contribution in [1.29, 1.82) is 0 Å². The van der Waals surface area contributed by atoms with Crippen molar-refractivity contribution in [3.63, 3.8) is 0 Å². The molecule has 0 radical (unpaired) electrons. The van der Waals surface area contributed by atoms with Crippen LogP contribution in [0.25, 0.3) is 22.2 Å². The lowest BCUT2D eigenvalue weighted by molar-refractivity contribution is 0.824. The molecular formula is C15H13NO.